The molecule has 0 saturated heterocycles. The molecule has 98 valence electrons. The number of hydrogen-bond acceptors (Lipinski definition) is 6. The summed E-state index contributed by atoms with van der Waals surface area (Å²) in [7, 11) is 3.77. The lowest BCUT2D eigenvalue weighted by molar-refractivity contribution is 0.163. The molecule has 0 aliphatic heterocycles. The van der Waals surface area contributed by atoms with Crippen molar-refractivity contribution in [3.63, 3.8) is 0 Å². The van der Waals surface area contributed by atoms with Crippen molar-refractivity contribution in [3.8, 4) is 0 Å². The van der Waals surface area contributed by atoms with Gasteiger partial charge in [0.05, 0.1) is 12.9 Å². The summed E-state index contributed by atoms with van der Waals surface area (Å²) in [6.45, 7) is 3.39. The SMILES string of the molecule is COCCN(C)CCNc1ncnc2nc[nH]c12. The zero-order valence-corrected chi connectivity index (χ0v) is 10.7. The van der Waals surface area contributed by atoms with Crippen molar-refractivity contribution in [2.75, 3.05) is 45.7 Å². The highest BCUT2D eigenvalue weighted by molar-refractivity contribution is 5.81. The second-order valence-corrected chi connectivity index (χ2v) is 4.05. The Bertz CT molecular complexity index is 485. The summed E-state index contributed by atoms with van der Waals surface area (Å²) in [5.41, 5.74) is 1.53. The quantitative estimate of drug-likeness (QED) is 0.738. The Kier molecular flexibility index (Phi) is 4.43. The van der Waals surface area contributed by atoms with Gasteiger partial charge in [0.2, 0.25) is 0 Å². The first-order valence-electron chi connectivity index (χ1n) is 5.86. The molecule has 2 aromatic rings. The van der Waals surface area contributed by atoms with Gasteiger partial charge in [-0.25, -0.2) is 15.0 Å². The number of H-pyrrole nitrogens is 1. The monoisotopic (exact) mass is 250 g/mol. The third-order valence-corrected chi connectivity index (χ3v) is 2.69. The average molecular weight is 250 g/mol. The van der Waals surface area contributed by atoms with E-state index in [1.54, 1.807) is 13.4 Å². The molecule has 0 unspecified atom stereocenters. The molecule has 0 fully saturated rings. The van der Waals surface area contributed by atoms with Crippen LogP contribution in [0.3, 0.4) is 0 Å². The second kappa shape index (κ2) is 6.27. The van der Waals surface area contributed by atoms with E-state index in [-0.39, 0.29) is 0 Å². The Morgan fingerprint density at radius 1 is 1.33 bits per heavy atom. The zero-order chi connectivity index (χ0) is 12.8. The van der Waals surface area contributed by atoms with Crippen LogP contribution >= 0.6 is 0 Å². The highest BCUT2D eigenvalue weighted by Crippen LogP contribution is 2.13. The van der Waals surface area contributed by atoms with Crippen molar-refractivity contribution in [1.29, 1.82) is 0 Å². The van der Waals surface area contributed by atoms with Crippen LogP contribution in [0.5, 0.6) is 0 Å². The summed E-state index contributed by atoms with van der Waals surface area (Å²) in [5.74, 6) is 0.789. The average Bonchev–Trinajstić information content (AvgIpc) is 2.85. The van der Waals surface area contributed by atoms with Gasteiger partial charge in [0.15, 0.2) is 11.5 Å². The number of rotatable bonds is 7. The molecule has 0 bridgehead atoms. The van der Waals surface area contributed by atoms with Gasteiger partial charge in [0.25, 0.3) is 0 Å². The minimum atomic E-state index is 0.681. The van der Waals surface area contributed by atoms with Crippen molar-refractivity contribution >= 4 is 17.0 Å². The smallest absolute Gasteiger partial charge is 0.182 e. The summed E-state index contributed by atoms with van der Waals surface area (Å²) < 4.78 is 5.03. The maximum absolute atomic E-state index is 5.03. The number of hydrogen-bond donors (Lipinski definition) is 2. The van der Waals surface area contributed by atoms with E-state index in [0.717, 1.165) is 37.6 Å². The molecule has 2 heterocycles. The van der Waals surface area contributed by atoms with Crippen LogP contribution in [0, 0.1) is 0 Å². The van der Waals surface area contributed by atoms with Crippen LogP contribution in [0.4, 0.5) is 5.82 Å². The van der Waals surface area contributed by atoms with Gasteiger partial charge in [0, 0.05) is 26.7 Å². The lowest BCUT2D eigenvalue weighted by atomic mass is 10.4. The minimum Gasteiger partial charge on any atom is -0.383 e. The fraction of sp³-hybridized carbons (Fsp3) is 0.545. The van der Waals surface area contributed by atoms with Gasteiger partial charge in [0.1, 0.15) is 11.8 Å². The predicted octanol–water partition coefficient (Wildman–Crippen LogP) is 0.343. The van der Waals surface area contributed by atoms with Crippen LogP contribution in [0.25, 0.3) is 11.2 Å². The molecule has 2 N–H and O–H groups in total. The normalized spacial score (nSPS) is 11.3. The Labute approximate surface area is 106 Å². The van der Waals surface area contributed by atoms with E-state index in [2.05, 4.69) is 37.2 Å². The van der Waals surface area contributed by atoms with Gasteiger partial charge in [-0.15, -0.1) is 0 Å². The van der Waals surface area contributed by atoms with Gasteiger partial charge in [-0.3, -0.25) is 0 Å². The van der Waals surface area contributed by atoms with Gasteiger partial charge in [-0.2, -0.15) is 0 Å². The topological polar surface area (TPSA) is 79.0 Å². The number of fused-ring (bicyclic) bond motifs is 1. The van der Waals surface area contributed by atoms with E-state index in [0.29, 0.717) is 5.65 Å². The third kappa shape index (κ3) is 3.14. The number of nitrogens with zero attached hydrogens (tertiary/aromatic N) is 4. The molecule has 0 atom stereocenters. The van der Waals surface area contributed by atoms with E-state index in [1.807, 2.05) is 0 Å². The first-order valence-corrected chi connectivity index (χ1v) is 5.86. The number of aromatic nitrogens is 4. The van der Waals surface area contributed by atoms with Gasteiger partial charge < -0.3 is 19.9 Å². The lowest BCUT2D eigenvalue weighted by Crippen LogP contribution is -2.28. The van der Waals surface area contributed by atoms with E-state index in [4.69, 9.17) is 4.74 Å². The molecule has 0 aliphatic rings. The molecule has 0 radical (unpaired) electrons. The minimum absolute atomic E-state index is 0.681. The molecule has 2 rings (SSSR count). The van der Waals surface area contributed by atoms with Gasteiger partial charge in [-0.05, 0) is 7.05 Å². The summed E-state index contributed by atoms with van der Waals surface area (Å²) in [5, 5.41) is 3.28. The molecule has 0 saturated carbocycles. The van der Waals surface area contributed by atoms with Gasteiger partial charge in [-0.1, -0.05) is 0 Å². The van der Waals surface area contributed by atoms with Crippen molar-refractivity contribution in [3.05, 3.63) is 12.7 Å². The molecule has 18 heavy (non-hydrogen) atoms. The van der Waals surface area contributed by atoms with Crippen LogP contribution in [0.15, 0.2) is 12.7 Å². The Morgan fingerprint density at radius 3 is 3.06 bits per heavy atom. The van der Waals surface area contributed by atoms with E-state index in [9.17, 15) is 0 Å². The number of imidazole rings is 1. The van der Waals surface area contributed by atoms with Crippen molar-refractivity contribution in [2.45, 2.75) is 0 Å². The van der Waals surface area contributed by atoms with Crippen LogP contribution in [-0.4, -0.2) is 65.2 Å². The molecule has 7 nitrogen and oxygen atoms in total. The first-order chi connectivity index (χ1) is 8.81. The highest BCUT2D eigenvalue weighted by Gasteiger charge is 2.05. The van der Waals surface area contributed by atoms with Crippen LogP contribution in [0.1, 0.15) is 0 Å². The Hall–Kier alpha value is -1.73. The van der Waals surface area contributed by atoms with Crippen molar-refractivity contribution in [2.24, 2.45) is 0 Å². The molecule has 0 spiro atoms. The molecule has 0 amide bonds. The standard InChI is InChI=1S/C11H18N6O/c1-17(5-6-18-2)4-3-12-10-9-11(14-7-13-9)16-8-15-10/h7-8H,3-6H2,1-2H3,(H2,12,13,14,15,16). The number of ether oxygens (including phenoxy) is 1. The second-order valence-electron chi connectivity index (χ2n) is 4.05. The highest BCUT2D eigenvalue weighted by atomic mass is 16.5. The van der Waals surface area contributed by atoms with E-state index < -0.39 is 0 Å². The maximum Gasteiger partial charge on any atom is 0.182 e. The summed E-state index contributed by atoms with van der Waals surface area (Å²) in [6.07, 6.45) is 3.13. The largest absolute Gasteiger partial charge is 0.383 e. The van der Waals surface area contributed by atoms with Crippen molar-refractivity contribution < 1.29 is 4.74 Å². The Morgan fingerprint density at radius 2 is 2.22 bits per heavy atom. The third-order valence-electron chi connectivity index (χ3n) is 2.69. The zero-order valence-electron chi connectivity index (χ0n) is 10.7. The maximum atomic E-state index is 5.03. The number of likely N-dealkylation sites (N-methyl/N-ethyl adjacent to an activating group) is 1. The molecule has 0 aromatic carbocycles. The summed E-state index contributed by atoms with van der Waals surface area (Å²) in [6, 6.07) is 0. The lowest BCUT2D eigenvalue weighted by Gasteiger charge is -2.16. The number of aromatic amines is 1. The van der Waals surface area contributed by atoms with Crippen molar-refractivity contribution in [1.82, 2.24) is 24.8 Å². The molecule has 7 heteroatoms. The van der Waals surface area contributed by atoms with Crippen LogP contribution in [-0.2, 0) is 4.74 Å². The molecule has 2 aromatic heterocycles. The van der Waals surface area contributed by atoms with E-state index >= 15 is 0 Å². The van der Waals surface area contributed by atoms with Crippen LogP contribution < -0.4 is 5.32 Å². The fourth-order valence-corrected chi connectivity index (χ4v) is 1.62. The fourth-order valence-electron chi connectivity index (χ4n) is 1.62. The number of methoxy groups -OCH3 is 1. The first kappa shape index (κ1) is 12.7. The molecule has 0 aliphatic carbocycles. The molecular formula is C11H18N6O. The number of nitrogens with one attached hydrogen (secondary N) is 2. The number of anilines is 1. The van der Waals surface area contributed by atoms with E-state index in [1.165, 1.54) is 6.33 Å². The predicted molar refractivity (Wildman–Crippen MR) is 69.5 cm³/mol. The molecular weight excluding hydrogens is 232 g/mol. The van der Waals surface area contributed by atoms with Crippen LogP contribution in [0.2, 0.25) is 0 Å². The summed E-state index contributed by atoms with van der Waals surface area (Å²) in [4.78, 5) is 17.6. The Balaban J connectivity index is 1.85. The summed E-state index contributed by atoms with van der Waals surface area (Å²) >= 11 is 0. The van der Waals surface area contributed by atoms with Gasteiger partial charge >= 0.3 is 0 Å².